The Morgan fingerprint density at radius 3 is 1.47 bits per heavy atom. The molecular formula is C8H10ClF6NO. The summed E-state index contributed by atoms with van der Waals surface area (Å²) in [5.74, 6) is -2.20. The molecule has 0 aromatic carbocycles. The van der Waals surface area contributed by atoms with Gasteiger partial charge in [-0.3, -0.25) is 4.79 Å². The van der Waals surface area contributed by atoms with Crippen LogP contribution in [0.4, 0.5) is 26.3 Å². The van der Waals surface area contributed by atoms with Crippen molar-refractivity contribution in [2.24, 2.45) is 0 Å². The molecule has 0 aliphatic rings. The molecule has 17 heavy (non-hydrogen) atoms. The van der Waals surface area contributed by atoms with E-state index in [1.807, 2.05) is 0 Å². The lowest BCUT2D eigenvalue weighted by Gasteiger charge is -2.34. The van der Waals surface area contributed by atoms with Gasteiger partial charge in [0.2, 0.25) is 0 Å². The summed E-state index contributed by atoms with van der Waals surface area (Å²) in [6.07, 6.45) is -11.8. The lowest BCUT2D eigenvalue weighted by molar-refractivity contribution is -0.263. The molecule has 0 N–H and O–H groups in total. The molecule has 1 amide bonds. The molecule has 9 heteroatoms. The van der Waals surface area contributed by atoms with Crippen LogP contribution in [0.15, 0.2) is 0 Å². The van der Waals surface area contributed by atoms with Gasteiger partial charge >= 0.3 is 17.2 Å². The van der Waals surface area contributed by atoms with Crippen molar-refractivity contribution in [3.63, 3.8) is 0 Å². The van der Waals surface area contributed by atoms with Crippen LogP contribution >= 0.6 is 11.6 Å². The van der Waals surface area contributed by atoms with E-state index in [1.165, 1.54) is 13.8 Å². The Labute approximate surface area is 98.5 Å². The molecule has 0 aromatic rings. The predicted molar refractivity (Wildman–Crippen MR) is 48.6 cm³/mol. The van der Waals surface area contributed by atoms with Gasteiger partial charge in [-0.15, -0.1) is 0 Å². The Hall–Kier alpha value is -0.660. The third kappa shape index (κ3) is 2.78. The van der Waals surface area contributed by atoms with Crippen molar-refractivity contribution >= 4 is 17.5 Å². The molecule has 0 atom stereocenters. The zero-order chi connectivity index (χ0) is 14.1. The first-order valence-corrected chi connectivity index (χ1v) is 4.93. The second-order valence-electron chi connectivity index (χ2n) is 3.13. The fourth-order valence-corrected chi connectivity index (χ4v) is 1.25. The Bertz CT molecular complexity index is 269. The van der Waals surface area contributed by atoms with Crippen molar-refractivity contribution in [3.05, 3.63) is 0 Å². The minimum atomic E-state index is -5.91. The van der Waals surface area contributed by atoms with E-state index in [0.29, 0.717) is 4.90 Å². The molecule has 0 aliphatic heterocycles. The predicted octanol–water partition coefficient (Wildman–Crippen LogP) is 2.96. The minimum Gasteiger partial charge on any atom is -0.341 e. The fourth-order valence-electron chi connectivity index (χ4n) is 1.13. The van der Waals surface area contributed by atoms with E-state index in [0.717, 1.165) is 0 Å². The summed E-state index contributed by atoms with van der Waals surface area (Å²) < 4.78 is 74.3. The average Bonchev–Trinajstić information content (AvgIpc) is 2.14. The first-order chi connectivity index (χ1) is 7.43. The third-order valence-electron chi connectivity index (χ3n) is 2.13. The van der Waals surface area contributed by atoms with Gasteiger partial charge in [-0.1, -0.05) is 11.6 Å². The van der Waals surface area contributed by atoms with Gasteiger partial charge in [-0.25, -0.2) is 0 Å². The van der Waals surface area contributed by atoms with Gasteiger partial charge in [0.1, 0.15) is 0 Å². The number of halogens is 7. The largest absolute Gasteiger partial charge is 0.425 e. The van der Waals surface area contributed by atoms with Gasteiger partial charge < -0.3 is 4.90 Å². The quantitative estimate of drug-likeness (QED) is 0.577. The zero-order valence-electron chi connectivity index (χ0n) is 8.92. The van der Waals surface area contributed by atoms with E-state index in [-0.39, 0.29) is 13.1 Å². The molecule has 0 radical (unpaired) electrons. The average molecular weight is 286 g/mol. The maximum Gasteiger partial charge on any atom is 0.425 e. The molecule has 0 bridgehead atoms. The monoisotopic (exact) mass is 285 g/mol. The second kappa shape index (κ2) is 4.91. The van der Waals surface area contributed by atoms with Crippen molar-refractivity contribution < 1.29 is 31.1 Å². The summed E-state index contributed by atoms with van der Waals surface area (Å²) in [6, 6.07) is 0. The number of nitrogens with zero attached hydrogens (tertiary/aromatic N) is 1. The number of alkyl halides is 7. The number of hydrogen-bond acceptors (Lipinski definition) is 1. The van der Waals surface area contributed by atoms with E-state index in [4.69, 9.17) is 0 Å². The molecule has 0 aromatic heterocycles. The maximum absolute atomic E-state index is 12.4. The van der Waals surface area contributed by atoms with Crippen LogP contribution in [0.25, 0.3) is 0 Å². The smallest absolute Gasteiger partial charge is 0.341 e. The number of carbonyl (C=O) groups excluding carboxylic acids is 1. The highest BCUT2D eigenvalue weighted by Crippen LogP contribution is 2.49. The Morgan fingerprint density at radius 1 is 1.00 bits per heavy atom. The van der Waals surface area contributed by atoms with E-state index in [1.54, 1.807) is 0 Å². The van der Waals surface area contributed by atoms with E-state index < -0.39 is 23.1 Å². The van der Waals surface area contributed by atoms with Gasteiger partial charge in [-0.2, -0.15) is 26.3 Å². The van der Waals surface area contributed by atoms with Crippen LogP contribution in [-0.2, 0) is 4.79 Å². The third-order valence-corrected chi connectivity index (χ3v) is 2.72. The van der Waals surface area contributed by atoms with Crippen LogP contribution in [-0.4, -0.2) is 41.1 Å². The van der Waals surface area contributed by atoms with Crippen LogP contribution < -0.4 is 0 Å². The van der Waals surface area contributed by atoms with Crippen LogP contribution in [0.3, 0.4) is 0 Å². The highest BCUT2D eigenvalue weighted by atomic mass is 35.5. The fraction of sp³-hybridized carbons (Fsp3) is 0.875. The van der Waals surface area contributed by atoms with Crippen molar-refractivity contribution in [1.29, 1.82) is 0 Å². The lowest BCUT2D eigenvalue weighted by atomic mass is 10.1. The summed E-state index contributed by atoms with van der Waals surface area (Å²) >= 11 is 4.55. The maximum atomic E-state index is 12.4. The van der Waals surface area contributed by atoms with Crippen molar-refractivity contribution in [1.82, 2.24) is 4.90 Å². The highest BCUT2D eigenvalue weighted by molar-refractivity contribution is 6.36. The van der Waals surface area contributed by atoms with E-state index >= 15 is 0 Å². The molecule has 0 saturated carbocycles. The van der Waals surface area contributed by atoms with Crippen molar-refractivity contribution in [2.45, 2.75) is 31.1 Å². The van der Waals surface area contributed by atoms with Crippen LogP contribution in [0.2, 0.25) is 0 Å². The molecule has 0 saturated heterocycles. The Morgan fingerprint density at radius 2 is 1.29 bits per heavy atom. The molecule has 0 spiro atoms. The Kier molecular flexibility index (Phi) is 4.72. The molecule has 2 nitrogen and oxygen atoms in total. The van der Waals surface area contributed by atoms with Gasteiger partial charge in [0, 0.05) is 13.1 Å². The Balaban J connectivity index is 5.59. The molecule has 0 fully saturated rings. The lowest BCUT2D eigenvalue weighted by Crippen LogP contribution is -2.62. The van der Waals surface area contributed by atoms with Crippen LogP contribution in [0.5, 0.6) is 0 Å². The first-order valence-electron chi connectivity index (χ1n) is 4.55. The molecule has 0 aliphatic carbocycles. The summed E-state index contributed by atoms with van der Waals surface area (Å²) in [6.45, 7) is 1.92. The van der Waals surface area contributed by atoms with Gasteiger partial charge in [0.05, 0.1) is 0 Å². The summed E-state index contributed by atoms with van der Waals surface area (Å²) in [4.78, 5) is 6.77. The molecule has 0 rings (SSSR count). The molecule has 0 heterocycles. The molecule has 0 unspecified atom stereocenters. The topological polar surface area (TPSA) is 20.3 Å². The number of hydrogen-bond donors (Lipinski definition) is 0. The van der Waals surface area contributed by atoms with Gasteiger partial charge in [-0.05, 0) is 13.8 Å². The van der Waals surface area contributed by atoms with Gasteiger partial charge in [0.25, 0.3) is 5.91 Å². The standard InChI is InChI=1S/C8H10ClF6NO/c1-3-16(4-2)5(17)6(9,7(10,11)12)8(13,14)15/h3-4H2,1-2H3. The SMILES string of the molecule is CCN(CC)C(=O)C(Cl)(C(F)(F)F)C(F)(F)F. The van der Waals surface area contributed by atoms with Crippen LogP contribution in [0.1, 0.15) is 13.8 Å². The number of carbonyl (C=O) groups is 1. The summed E-state index contributed by atoms with van der Waals surface area (Å²) in [7, 11) is 0. The first kappa shape index (κ1) is 16.3. The van der Waals surface area contributed by atoms with E-state index in [9.17, 15) is 31.1 Å². The zero-order valence-corrected chi connectivity index (χ0v) is 9.67. The number of rotatable bonds is 3. The molecule has 102 valence electrons. The molecular weight excluding hydrogens is 276 g/mol. The van der Waals surface area contributed by atoms with Crippen LogP contribution in [0, 0.1) is 0 Å². The normalized spacial score (nSPS) is 13.7. The minimum absolute atomic E-state index is 0.296. The summed E-state index contributed by atoms with van der Waals surface area (Å²) in [5.41, 5.74) is 0. The highest BCUT2D eigenvalue weighted by Gasteiger charge is 2.75. The van der Waals surface area contributed by atoms with E-state index in [2.05, 4.69) is 11.6 Å². The summed E-state index contributed by atoms with van der Waals surface area (Å²) in [5, 5.41) is 0. The van der Waals surface area contributed by atoms with Gasteiger partial charge in [0.15, 0.2) is 0 Å². The van der Waals surface area contributed by atoms with Crippen molar-refractivity contribution in [3.8, 4) is 0 Å². The number of amides is 1. The second-order valence-corrected chi connectivity index (χ2v) is 3.70. The van der Waals surface area contributed by atoms with Crippen molar-refractivity contribution in [2.75, 3.05) is 13.1 Å².